The number of unbranched alkanes of at least 4 members (excludes halogenated alkanes) is 4. The highest BCUT2D eigenvalue weighted by Crippen LogP contribution is 2.28. The molecule has 0 heterocycles. The van der Waals surface area contributed by atoms with Gasteiger partial charge in [0.15, 0.2) is 0 Å². The molecule has 0 saturated carbocycles. The summed E-state index contributed by atoms with van der Waals surface area (Å²) in [6.45, 7) is 14.8. The van der Waals surface area contributed by atoms with Gasteiger partial charge in [-0.05, 0) is 37.5 Å². The van der Waals surface area contributed by atoms with Crippen molar-refractivity contribution < 1.29 is 14.3 Å². The van der Waals surface area contributed by atoms with Crippen molar-refractivity contribution >= 4 is 6.16 Å². The lowest BCUT2D eigenvalue weighted by Gasteiger charge is -2.30. The van der Waals surface area contributed by atoms with E-state index >= 15 is 0 Å². The molecule has 0 spiro atoms. The number of ether oxygens (including phenoxy) is 2. The van der Waals surface area contributed by atoms with Gasteiger partial charge in [-0.15, -0.1) is 0 Å². The smallest absolute Gasteiger partial charge is 0.431 e. The maximum absolute atomic E-state index is 12.2. The van der Waals surface area contributed by atoms with Crippen molar-refractivity contribution in [1.82, 2.24) is 0 Å². The maximum Gasteiger partial charge on any atom is 0.508 e. The van der Waals surface area contributed by atoms with Gasteiger partial charge in [-0.2, -0.15) is 0 Å². The van der Waals surface area contributed by atoms with Crippen LogP contribution in [0.25, 0.3) is 0 Å². The van der Waals surface area contributed by atoms with Gasteiger partial charge in [0.05, 0.1) is 0 Å². The lowest BCUT2D eigenvalue weighted by atomic mass is 9.85. The summed E-state index contributed by atoms with van der Waals surface area (Å²) in [7, 11) is 0. The third kappa shape index (κ3) is 10.2. The molecule has 3 heteroatoms. The third-order valence-electron chi connectivity index (χ3n) is 4.93. The van der Waals surface area contributed by atoms with Crippen molar-refractivity contribution in [3.05, 3.63) is 0 Å². The lowest BCUT2D eigenvalue weighted by Crippen LogP contribution is -2.33. The van der Waals surface area contributed by atoms with Gasteiger partial charge in [0, 0.05) is 0 Å². The molecule has 144 valence electrons. The molecule has 0 aliphatic heterocycles. The predicted octanol–water partition coefficient (Wildman–Crippen LogP) is 6.99. The Balaban J connectivity index is 4.72. The van der Waals surface area contributed by atoms with Gasteiger partial charge in [0.2, 0.25) is 0 Å². The van der Waals surface area contributed by atoms with Gasteiger partial charge in [0.1, 0.15) is 12.2 Å². The summed E-state index contributed by atoms with van der Waals surface area (Å²) in [4.78, 5) is 12.2. The van der Waals surface area contributed by atoms with Crippen LogP contribution in [0.5, 0.6) is 0 Å². The first-order valence-electron chi connectivity index (χ1n) is 10.2. The van der Waals surface area contributed by atoms with Crippen LogP contribution >= 0.6 is 0 Å². The summed E-state index contributed by atoms with van der Waals surface area (Å²) in [6.07, 6.45) is 9.08. The Kier molecular flexibility index (Phi) is 13.1. The Morgan fingerprint density at radius 2 is 1.33 bits per heavy atom. The molecule has 3 atom stereocenters. The van der Waals surface area contributed by atoms with Crippen LogP contribution in [0.2, 0.25) is 0 Å². The molecule has 0 aromatic rings. The van der Waals surface area contributed by atoms with E-state index in [1.807, 2.05) is 6.92 Å². The molecule has 0 bridgehead atoms. The Morgan fingerprint density at radius 1 is 0.750 bits per heavy atom. The van der Waals surface area contributed by atoms with Crippen LogP contribution in [0.3, 0.4) is 0 Å². The molecule has 0 aromatic carbocycles. The number of hydrogen-bond donors (Lipinski definition) is 0. The zero-order chi connectivity index (χ0) is 18.5. The SMILES string of the molecule is CCCCCCC(CCCC)C(OC(=O)OC(C)C(C)C)C(C)C. The van der Waals surface area contributed by atoms with Crippen LogP contribution in [-0.4, -0.2) is 18.4 Å². The Labute approximate surface area is 150 Å². The third-order valence-corrected chi connectivity index (χ3v) is 4.93. The molecule has 0 amide bonds. The van der Waals surface area contributed by atoms with E-state index in [0.29, 0.717) is 17.8 Å². The Morgan fingerprint density at radius 3 is 1.83 bits per heavy atom. The van der Waals surface area contributed by atoms with E-state index in [1.54, 1.807) is 0 Å². The summed E-state index contributed by atoms with van der Waals surface area (Å²) >= 11 is 0. The van der Waals surface area contributed by atoms with Crippen LogP contribution in [0.15, 0.2) is 0 Å². The molecular weight excluding hydrogens is 300 g/mol. The highest BCUT2D eigenvalue weighted by atomic mass is 16.7. The van der Waals surface area contributed by atoms with Gasteiger partial charge < -0.3 is 9.47 Å². The fourth-order valence-corrected chi connectivity index (χ4v) is 2.98. The summed E-state index contributed by atoms with van der Waals surface area (Å²) < 4.78 is 11.2. The summed E-state index contributed by atoms with van der Waals surface area (Å²) in [5, 5.41) is 0. The minimum atomic E-state index is -0.495. The van der Waals surface area contributed by atoms with Crippen LogP contribution in [0.1, 0.15) is 99.8 Å². The standard InChI is InChI=1S/C21H42O3/c1-8-10-12-13-15-19(14-11-9-2)20(17(5)6)24-21(22)23-18(7)16(3)4/h16-20H,8-15H2,1-7H3. The first kappa shape index (κ1) is 23.3. The second-order valence-corrected chi connectivity index (χ2v) is 7.90. The highest BCUT2D eigenvalue weighted by molar-refractivity contribution is 5.60. The number of rotatable bonds is 13. The van der Waals surface area contributed by atoms with Crippen molar-refractivity contribution in [2.45, 2.75) is 112 Å². The van der Waals surface area contributed by atoms with E-state index in [4.69, 9.17) is 9.47 Å². The van der Waals surface area contributed by atoms with E-state index in [0.717, 1.165) is 12.8 Å². The van der Waals surface area contributed by atoms with Crippen LogP contribution in [0, 0.1) is 17.8 Å². The summed E-state index contributed by atoms with van der Waals surface area (Å²) in [5.74, 6) is 1.07. The topological polar surface area (TPSA) is 35.5 Å². The van der Waals surface area contributed by atoms with E-state index in [9.17, 15) is 4.79 Å². The molecule has 0 aliphatic carbocycles. The number of hydrogen-bond acceptors (Lipinski definition) is 3. The molecule has 0 radical (unpaired) electrons. The molecule has 0 N–H and O–H groups in total. The van der Waals surface area contributed by atoms with E-state index in [2.05, 4.69) is 41.5 Å². The van der Waals surface area contributed by atoms with Crippen molar-refractivity contribution in [3.8, 4) is 0 Å². The molecular formula is C21H42O3. The fourth-order valence-electron chi connectivity index (χ4n) is 2.98. The van der Waals surface area contributed by atoms with Gasteiger partial charge in [-0.3, -0.25) is 0 Å². The average Bonchev–Trinajstić information content (AvgIpc) is 2.52. The minimum absolute atomic E-state index is 0.0370. The van der Waals surface area contributed by atoms with Gasteiger partial charge in [0.25, 0.3) is 0 Å². The molecule has 0 aliphatic rings. The quantitative estimate of drug-likeness (QED) is 0.267. The Hall–Kier alpha value is -0.730. The predicted molar refractivity (Wildman–Crippen MR) is 102 cm³/mol. The fraction of sp³-hybridized carbons (Fsp3) is 0.952. The van der Waals surface area contributed by atoms with E-state index < -0.39 is 6.16 Å². The van der Waals surface area contributed by atoms with Crippen LogP contribution in [0.4, 0.5) is 4.79 Å². The second kappa shape index (κ2) is 13.5. The van der Waals surface area contributed by atoms with Gasteiger partial charge in [-0.25, -0.2) is 4.79 Å². The summed E-state index contributed by atoms with van der Waals surface area (Å²) in [6, 6.07) is 0. The lowest BCUT2D eigenvalue weighted by molar-refractivity contribution is -0.0412. The van der Waals surface area contributed by atoms with E-state index in [-0.39, 0.29) is 12.2 Å². The van der Waals surface area contributed by atoms with Crippen molar-refractivity contribution in [2.24, 2.45) is 17.8 Å². The van der Waals surface area contributed by atoms with E-state index in [1.165, 1.54) is 38.5 Å². The average molecular weight is 343 g/mol. The molecule has 0 aromatic heterocycles. The normalized spacial score (nSPS) is 15.4. The largest absolute Gasteiger partial charge is 0.508 e. The zero-order valence-corrected chi connectivity index (χ0v) is 17.3. The van der Waals surface area contributed by atoms with Crippen molar-refractivity contribution in [3.63, 3.8) is 0 Å². The van der Waals surface area contributed by atoms with Gasteiger partial charge >= 0.3 is 6.16 Å². The summed E-state index contributed by atoms with van der Waals surface area (Å²) in [5.41, 5.74) is 0. The molecule has 24 heavy (non-hydrogen) atoms. The van der Waals surface area contributed by atoms with Crippen LogP contribution in [-0.2, 0) is 9.47 Å². The van der Waals surface area contributed by atoms with Crippen molar-refractivity contribution in [1.29, 1.82) is 0 Å². The molecule has 0 rings (SSSR count). The zero-order valence-electron chi connectivity index (χ0n) is 17.3. The molecule has 0 saturated heterocycles. The highest BCUT2D eigenvalue weighted by Gasteiger charge is 2.29. The Bertz CT molecular complexity index is 312. The number of carbonyl (C=O) groups excluding carboxylic acids is 1. The monoisotopic (exact) mass is 342 g/mol. The molecule has 3 unspecified atom stereocenters. The first-order chi connectivity index (χ1) is 11.3. The second-order valence-electron chi connectivity index (χ2n) is 7.90. The maximum atomic E-state index is 12.2. The molecule has 3 nitrogen and oxygen atoms in total. The number of carbonyl (C=O) groups is 1. The first-order valence-corrected chi connectivity index (χ1v) is 10.2. The molecule has 0 fully saturated rings. The van der Waals surface area contributed by atoms with Crippen molar-refractivity contribution in [2.75, 3.05) is 0 Å². The minimum Gasteiger partial charge on any atom is -0.431 e. The van der Waals surface area contributed by atoms with Gasteiger partial charge in [-0.1, -0.05) is 80.1 Å². The van der Waals surface area contributed by atoms with Crippen LogP contribution < -0.4 is 0 Å².